The Morgan fingerprint density at radius 2 is 2.38 bits per heavy atom. The second-order valence-corrected chi connectivity index (χ2v) is 6.33. The number of nitrogens with two attached hydrogens (primary N) is 1. The van der Waals surface area contributed by atoms with Crippen LogP contribution in [0.2, 0.25) is 0 Å². The molecule has 2 aromatic heterocycles. The molecule has 4 atom stereocenters. The standard InChI is InChI=1S/C16H22N4O/c1-19-15(8-14(18-19)16-3-2-6-21-16)13-10-20-5-4-11(13)7-12(20)9-17/h2-3,6,8,11-13H,4-5,7,9-10,17H2,1H3. The quantitative estimate of drug-likeness (QED) is 0.935. The van der Waals surface area contributed by atoms with Crippen molar-refractivity contribution in [2.75, 3.05) is 19.6 Å². The highest BCUT2D eigenvalue weighted by Crippen LogP contribution is 2.42. The second-order valence-electron chi connectivity index (χ2n) is 6.33. The predicted octanol–water partition coefficient (Wildman–Crippen LogP) is 1.82. The Morgan fingerprint density at radius 3 is 3.05 bits per heavy atom. The molecule has 21 heavy (non-hydrogen) atoms. The van der Waals surface area contributed by atoms with Gasteiger partial charge in [-0.05, 0) is 43.5 Å². The predicted molar refractivity (Wildman–Crippen MR) is 80.8 cm³/mol. The van der Waals surface area contributed by atoms with Gasteiger partial charge in [-0.25, -0.2) is 0 Å². The Balaban J connectivity index is 1.63. The maximum Gasteiger partial charge on any atom is 0.154 e. The molecular weight excluding hydrogens is 264 g/mol. The topological polar surface area (TPSA) is 60.2 Å². The zero-order valence-corrected chi connectivity index (χ0v) is 12.4. The molecule has 112 valence electrons. The number of aryl methyl sites for hydroxylation is 1. The summed E-state index contributed by atoms with van der Waals surface area (Å²) in [6, 6.07) is 6.65. The van der Waals surface area contributed by atoms with E-state index in [2.05, 4.69) is 16.1 Å². The molecule has 0 radical (unpaired) electrons. The van der Waals surface area contributed by atoms with Crippen LogP contribution in [-0.2, 0) is 7.05 Å². The van der Waals surface area contributed by atoms with Gasteiger partial charge in [-0.15, -0.1) is 0 Å². The third-order valence-electron chi connectivity index (χ3n) is 5.22. The van der Waals surface area contributed by atoms with E-state index in [0.29, 0.717) is 12.0 Å². The van der Waals surface area contributed by atoms with E-state index in [0.717, 1.165) is 30.5 Å². The van der Waals surface area contributed by atoms with Crippen LogP contribution in [0.15, 0.2) is 28.9 Å². The Labute approximate surface area is 124 Å². The fraction of sp³-hybridized carbons (Fsp3) is 0.562. The molecule has 3 saturated heterocycles. The summed E-state index contributed by atoms with van der Waals surface area (Å²) in [6.07, 6.45) is 4.20. The fourth-order valence-corrected chi connectivity index (χ4v) is 4.09. The number of aromatic nitrogens is 2. The molecule has 3 fully saturated rings. The van der Waals surface area contributed by atoms with Crippen molar-refractivity contribution in [1.82, 2.24) is 14.7 Å². The monoisotopic (exact) mass is 286 g/mol. The molecule has 2 bridgehead atoms. The van der Waals surface area contributed by atoms with E-state index in [4.69, 9.17) is 10.2 Å². The Morgan fingerprint density at radius 1 is 1.48 bits per heavy atom. The lowest BCUT2D eigenvalue weighted by Gasteiger charge is -2.49. The first-order valence-electron chi connectivity index (χ1n) is 7.78. The lowest BCUT2D eigenvalue weighted by molar-refractivity contribution is 0.0322. The van der Waals surface area contributed by atoms with Crippen LogP contribution in [0.25, 0.3) is 11.5 Å². The number of furan rings is 1. The maximum atomic E-state index is 5.90. The van der Waals surface area contributed by atoms with Crippen molar-refractivity contribution in [3.05, 3.63) is 30.2 Å². The summed E-state index contributed by atoms with van der Waals surface area (Å²) in [5.74, 6) is 2.16. The van der Waals surface area contributed by atoms with E-state index < -0.39 is 0 Å². The van der Waals surface area contributed by atoms with E-state index in [1.165, 1.54) is 25.1 Å². The van der Waals surface area contributed by atoms with Crippen molar-refractivity contribution >= 4 is 0 Å². The molecule has 2 aromatic rings. The molecule has 5 rings (SSSR count). The van der Waals surface area contributed by atoms with E-state index in [9.17, 15) is 0 Å². The van der Waals surface area contributed by atoms with Crippen LogP contribution >= 0.6 is 0 Å². The molecule has 0 saturated carbocycles. The largest absolute Gasteiger partial charge is 0.463 e. The molecule has 2 N–H and O–H groups in total. The van der Waals surface area contributed by atoms with Gasteiger partial charge < -0.3 is 10.2 Å². The summed E-state index contributed by atoms with van der Waals surface area (Å²) in [4.78, 5) is 2.56. The molecular formula is C16H22N4O. The van der Waals surface area contributed by atoms with Gasteiger partial charge in [0.1, 0.15) is 5.69 Å². The maximum absolute atomic E-state index is 5.90. The Kier molecular flexibility index (Phi) is 3.12. The highest BCUT2D eigenvalue weighted by atomic mass is 16.3. The number of hydrogen-bond acceptors (Lipinski definition) is 4. The molecule has 5 heterocycles. The third-order valence-corrected chi connectivity index (χ3v) is 5.22. The van der Waals surface area contributed by atoms with Gasteiger partial charge >= 0.3 is 0 Å². The van der Waals surface area contributed by atoms with Gasteiger partial charge in [0.05, 0.1) is 6.26 Å². The molecule has 4 unspecified atom stereocenters. The lowest BCUT2D eigenvalue weighted by Crippen LogP contribution is -2.55. The molecule has 5 heteroatoms. The normalized spacial score (nSPS) is 31.7. The van der Waals surface area contributed by atoms with Crippen LogP contribution < -0.4 is 5.73 Å². The van der Waals surface area contributed by atoms with Gasteiger partial charge in [-0.1, -0.05) is 0 Å². The minimum atomic E-state index is 0.572. The average molecular weight is 286 g/mol. The van der Waals surface area contributed by atoms with Crippen molar-refractivity contribution in [3.63, 3.8) is 0 Å². The molecule has 3 aliphatic rings. The first-order valence-corrected chi connectivity index (χ1v) is 7.78. The highest BCUT2D eigenvalue weighted by Gasteiger charge is 2.41. The summed E-state index contributed by atoms with van der Waals surface area (Å²) in [5, 5.41) is 4.63. The molecule has 3 aliphatic heterocycles. The van der Waals surface area contributed by atoms with Crippen molar-refractivity contribution in [3.8, 4) is 11.5 Å². The second kappa shape index (κ2) is 5.00. The molecule has 0 spiro atoms. The number of fused-ring (bicyclic) bond motifs is 3. The van der Waals surface area contributed by atoms with Crippen LogP contribution in [0.1, 0.15) is 24.5 Å². The molecule has 0 aromatic carbocycles. The summed E-state index contributed by atoms with van der Waals surface area (Å²) in [6.45, 7) is 3.10. The summed E-state index contributed by atoms with van der Waals surface area (Å²) >= 11 is 0. The third kappa shape index (κ3) is 2.12. The van der Waals surface area contributed by atoms with E-state index in [1.807, 2.05) is 23.9 Å². The smallest absolute Gasteiger partial charge is 0.154 e. The van der Waals surface area contributed by atoms with E-state index >= 15 is 0 Å². The van der Waals surface area contributed by atoms with Crippen LogP contribution in [0.3, 0.4) is 0 Å². The van der Waals surface area contributed by atoms with Gasteiger partial charge in [-0.2, -0.15) is 5.10 Å². The number of hydrogen-bond donors (Lipinski definition) is 1. The van der Waals surface area contributed by atoms with Crippen LogP contribution in [0.5, 0.6) is 0 Å². The SMILES string of the molecule is Cn1nc(-c2ccco2)cc1C1CN2CCC1CC2CN. The minimum Gasteiger partial charge on any atom is -0.463 e. The first-order chi connectivity index (χ1) is 10.3. The highest BCUT2D eigenvalue weighted by molar-refractivity contribution is 5.52. The van der Waals surface area contributed by atoms with Gasteiger partial charge in [0.2, 0.25) is 0 Å². The Bertz CT molecular complexity index is 618. The van der Waals surface area contributed by atoms with E-state index in [1.54, 1.807) is 6.26 Å². The van der Waals surface area contributed by atoms with Gasteiger partial charge in [-0.3, -0.25) is 9.58 Å². The average Bonchev–Trinajstić information content (AvgIpc) is 3.16. The summed E-state index contributed by atoms with van der Waals surface area (Å²) in [5.41, 5.74) is 8.16. The number of nitrogens with zero attached hydrogens (tertiary/aromatic N) is 3. The minimum absolute atomic E-state index is 0.572. The fourth-order valence-electron chi connectivity index (χ4n) is 4.09. The van der Waals surface area contributed by atoms with Crippen molar-refractivity contribution in [1.29, 1.82) is 0 Å². The van der Waals surface area contributed by atoms with Crippen LogP contribution in [0, 0.1) is 5.92 Å². The zero-order valence-electron chi connectivity index (χ0n) is 12.4. The van der Waals surface area contributed by atoms with Crippen LogP contribution in [0.4, 0.5) is 0 Å². The zero-order chi connectivity index (χ0) is 14.4. The van der Waals surface area contributed by atoms with Gasteiger partial charge in [0.25, 0.3) is 0 Å². The lowest BCUT2D eigenvalue weighted by atomic mass is 9.74. The van der Waals surface area contributed by atoms with Crippen LogP contribution in [-0.4, -0.2) is 40.4 Å². The number of rotatable bonds is 3. The van der Waals surface area contributed by atoms with E-state index in [-0.39, 0.29) is 0 Å². The van der Waals surface area contributed by atoms with Crippen molar-refractivity contribution < 1.29 is 4.42 Å². The molecule has 0 amide bonds. The van der Waals surface area contributed by atoms with Gasteiger partial charge in [0, 0.05) is 37.8 Å². The summed E-state index contributed by atoms with van der Waals surface area (Å²) < 4.78 is 7.50. The summed E-state index contributed by atoms with van der Waals surface area (Å²) in [7, 11) is 2.04. The number of piperidine rings is 3. The first kappa shape index (κ1) is 13.1. The van der Waals surface area contributed by atoms with Gasteiger partial charge in [0.15, 0.2) is 5.76 Å². The molecule has 0 aliphatic carbocycles. The molecule has 5 nitrogen and oxygen atoms in total. The van der Waals surface area contributed by atoms with Crippen molar-refractivity contribution in [2.45, 2.75) is 24.8 Å². The Hall–Kier alpha value is -1.59. The van der Waals surface area contributed by atoms with Crippen molar-refractivity contribution in [2.24, 2.45) is 18.7 Å².